The molecule has 0 aliphatic heterocycles. The van der Waals surface area contributed by atoms with E-state index in [9.17, 15) is 18.4 Å². The number of halogens is 8. The van der Waals surface area contributed by atoms with Crippen molar-refractivity contribution in [1.82, 2.24) is 4.98 Å². The monoisotopic (exact) mass is 689 g/mol. The van der Waals surface area contributed by atoms with Crippen molar-refractivity contribution in [3.8, 4) is 0 Å². The summed E-state index contributed by atoms with van der Waals surface area (Å²) in [6.07, 6.45) is 0.780. The Hall–Kier alpha value is -1.43. The zero-order chi connectivity index (χ0) is 25.7. The van der Waals surface area contributed by atoms with Crippen molar-refractivity contribution in [3.05, 3.63) is 84.0 Å². The number of hydrogen-bond acceptors (Lipinski definition) is 3. The number of pyridine rings is 1. The van der Waals surface area contributed by atoms with Crippen LogP contribution in [0.25, 0.3) is 0 Å². The zero-order valence-electron chi connectivity index (χ0n) is 17.0. The minimum atomic E-state index is -1.40. The number of anilines is 2. The van der Waals surface area contributed by atoms with Gasteiger partial charge in [-0.15, -0.1) is 23.2 Å². The van der Waals surface area contributed by atoms with Gasteiger partial charge < -0.3 is 10.6 Å². The van der Waals surface area contributed by atoms with Gasteiger partial charge in [0.1, 0.15) is 4.33 Å². The maximum absolute atomic E-state index is 14.2. The van der Waals surface area contributed by atoms with Crippen LogP contribution in [-0.4, -0.2) is 21.1 Å². The molecule has 0 bridgehead atoms. The molecule has 5 nitrogen and oxygen atoms in total. The van der Waals surface area contributed by atoms with Gasteiger partial charge in [0.25, 0.3) is 5.91 Å². The molecule has 182 valence electrons. The highest BCUT2D eigenvalue weighted by Crippen LogP contribution is 2.65. The van der Waals surface area contributed by atoms with Gasteiger partial charge in [-0.25, -0.2) is 13.8 Å². The molecule has 1 aliphatic carbocycles. The lowest BCUT2D eigenvalue weighted by molar-refractivity contribution is -0.117. The van der Waals surface area contributed by atoms with Crippen LogP contribution in [0.1, 0.15) is 21.8 Å². The number of amides is 2. The molecule has 0 radical (unpaired) electrons. The van der Waals surface area contributed by atoms with E-state index in [1.807, 2.05) is 0 Å². The lowest BCUT2D eigenvalue weighted by atomic mass is 10.1. The summed E-state index contributed by atoms with van der Waals surface area (Å²) in [5.74, 6) is -5.08. The Labute approximate surface area is 236 Å². The first-order valence-corrected chi connectivity index (χ1v) is 12.6. The maximum atomic E-state index is 14.2. The highest BCUT2D eigenvalue weighted by atomic mass is 127. The number of benzene rings is 2. The van der Waals surface area contributed by atoms with E-state index in [0.29, 0.717) is 15.6 Å². The molecule has 2 amide bonds. The third kappa shape index (κ3) is 5.47. The molecule has 2 unspecified atom stereocenters. The molecule has 0 saturated heterocycles. The van der Waals surface area contributed by atoms with E-state index in [1.54, 1.807) is 18.2 Å². The summed E-state index contributed by atoms with van der Waals surface area (Å²) >= 11 is 32.4. The van der Waals surface area contributed by atoms with Crippen LogP contribution in [0, 0.1) is 21.1 Å². The van der Waals surface area contributed by atoms with E-state index >= 15 is 0 Å². The fraction of sp³-hybridized carbons (Fsp3) is 0.136. The molecule has 1 aromatic heterocycles. The Kier molecular flexibility index (Phi) is 7.72. The molecule has 1 aliphatic rings. The lowest BCUT2D eigenvalue weighted by Gasteiger charge is -2.11. The van der Waals surface area contributed by atoms with Crippen molar-refractivity contribution >= 4 is 104 Å². The number of alkyl halides is 2. The predicted molar refractivity (Wildman–Crippen MR) is 142 cm³/mol. The van der Waals surface area contributed by atoms with Gasteiger partial charge in [-0.05, 0) is 64.6 Å². The molecule has 2 aromatic carbocycles. The number of carbonyl (C=O) groups excluding carboxylic acids is 2. The SMILES string of the molecule is O=C(Nc1ncc(F)c(I)c1F)c1cc(NC(=O)C2C(c3cc(Cl)cc(Cl)c3)C2(Cl)Cl)ccc1Cl. The second kappa shape index (κ2) is 10.1. The number of aromatic nitrogens is 1. The van der Waals surface area contributed by atoms with Crippen molar-refractivity contribution in [3.63, 3.8) is 0 Å². The first-order chi connectivity index (χ1) is 16.4. The fourth-order valence-electron chi connectivity index (χ4n) is 3.52. The Morgan fingerprint density at radius 1 is 1.00 bits per heavy atom. The first-order valence-electron chi connectivity index (χ1n) is 9.65. The zero-order valence-corrected chi connectivity index (χ0v) is 22.9. The molecule has 1 saturated carbocycles. The van der Waals surface area contributed by atoms with Gasteiger partial charge >= 0.3 is 0 Å². The Morgan fingerprint density at radius 3 is 2.31 bits per heavy atom. The first kappa shape index (κ1) is 26.6. The molecule has 2 atom stereocenters. The quantitative estimate of drug-likeness (QED) is 0.213. The van der Waals surface area contributed by atoms with Crippen LogP contribution in [-0.2, 0) is 4.79 Å². The molecule has 2 N–H and O–H groups in total. The number of hydrogen-bond donors (Lipinski definition) is 2. The topological polar surface area (TPSA) is 71.1 Å². The highest BCUT2D eigenvalue weighted by molar-refractivity contribution is 14.1. The maximum Gasteiger partial charge on any atom is 0.258 e. The molecular formula is C22H11Cl5F2IN3O2. The average molecular weight is 692 g/mol. The van der Waals surface area contributed by atoms with E-state index < -0.39 is 45.4 Å². The van der Waals surface area contributed by atoms with Gasteiger partial charge in [-0.1, -0.05) is 34.8 Å². The van der Waals surface area contributed by atoms with E-state index in [2.05, 4.69) is 15.6 Å². The Balaban J connectivity index is 1.52. The smallest absolute Gasteiger partial charge is 0.258 e. The second-order valence-corrected chi connectivity index (χ2v) is 11.4. The fourth-order valence-corrected chi connectivity index (χ4v) is 5.49. The van der Waals surface area contributed by atoms with Gasteiger partial charge in [0.2, 0.25) is 5.91 Å². The molecule has 4 rings (SSSR count). The molecule has 3 aromatic rings. The standard InChI is InChI=1S/C22H11Cl5F2IN3O2/c23-9-3-8(4-10(24)5-9)15-16(22(15,26)27)21(35)32-11-1-2-13(25)12(6-11)20(34)33-19-17(29)18(30)14(28)7-31-19/h1-7,15-16H,(H,32,35)(H,31,33,34). The van der Waals surface area contributed by atoms with Crippen LogP contribution in [0.2, 0.25) is 15.1 Å². The summed E-state index contributed by atoms with van der Waals surface area (Å²) in [4.78, 5) is 29.2. The summed E-state index contributed by atoms with van der Waals surface area (Å²) in [6, 6.07) is 8.93. The molecular weight excluding hydrogens is 680 g/mol. The van der Waals surface area contributed by atoms with Crippen LogP contribution in [0.15, 0.2) is 42.6 Å². The summed E-state index contributed by atoms with van der Waals surface area (Å²) in [5.41, 5.74) is 0.736. The summed E-state index contributed by atoms with van der Waals surface area (Å²) in [5, 5.41) is 5.67. The van der Waals surface area contributed by atoms with E-state index in [-0.39, 0.29) is 19.8 Å². The van der Waals surface area contributed by atoms with E-state index in [1.165, 1.54) is 40.8 Å². The van der Waals surface area contributed by atoms with Crippen LogP contribution < -0.4 is 10.6 Å². The van der Waals surface area contributed by atoms with E-state index in [0.717, 1.165) is 6.20 Å². The third-order valence-electron chi connectivity index (χ3n) is 5.21. The predicted octanol–water partition coefficient (Wildman–Crippen LogP) is 7.70. The molecule has 13 heteroatoms. The Bertz CT molecular complexity index is 1350. The van der Waals surface area contributed by atoms with Crippen LogP contribution >= 0.6 is 80.6 Å². The van der Waals surface area contributed by atoms with Crippen LogP contribution in [0.3, 0.4) is 0 Å². The van der Waals surface area contributed by atoms with Gasteiger partial charge in [0, 0.05) is 21.7 Å². The molecule has 1 fully saturated rings. The second-order valence-electron chi connectivity index (χ2n) is 7.55. The molecule has 0 spiro atoms. The van der Waals surface area contributed by atoms with Gasteiger partial charge in [0.15, 0.2) is 17.5 Å². The summed E-state index contributed by atoms with van der Waals surface area (Å²) in [7, 11) is 0. The van der Waals surface area contributed by atoms with Crippen molar-refractivity contribution in [2.24, 2.45) is 5.92 Å². The van der Waals surface area contributed by atoms with E-state index in [4.69, 9.17) is 58.0 Å². The normalized spacial score (nSPS) is 18.2. The van der Waals surface area contributed by atoms with Crippen LogP contribution in [0.4, 0.5) is 20.3 Å². The average Bonchev–Trinajstić information content (AvgIpc) is 3.36. The van der Waals surface area contributed by atoms with Crippen LogP contribution in [0.5, 0.6) is 0 Å². The van der Waals surface area contributed by atoms with Crippen molar-refractivity contribution in [2.75, 3.05) is 10.6 Å². The third-order valence-corrected chi connectivity index (χ3v) is 7.90. The minimum absolute atomic E-state index is 0.0274. The summed E-state index contributed by atoms with van der Waals surface area (Å²) < 4.78 is 25.9. The Morgan fingerprint density at radius 2 is 1.66 bits per heavy atom. The number of carbonyl (C=O) groups is 2. The lowest BCUT2D eigenvalue weighted by Crippen LogP contribution is -2.19. The number of rotatable bonds is 5. The minimum Gasteiger partial charge on any atom is -0.326 e. The summed E-state index contributed by atoms with van der Waals surface area (Å²) in [6.45, 7) is 0. The van der Waals surface area contributed by atoms with Gasteiger partial charge in [-0.2, -0.15) is 0 Å². The number of nitrogens with one attached hydrogen (secondary N) is 2. The van der Waals surface area contributed by atoms with Crippen molar-refractivity contribution < 1.29 is 18.4 Å². The molecule has 1 heterocycles. The van der Waals surface area contributed by atoms with Gasteiger partial charge in [0.05, 0.1) is 26.3 Å². The highest BCUT2D eigenvalue weighted by Gasteiger charge is 2.67. The largest absolute Gasteiger partial charge is 0.326 e. The van der Waals surface area contributed by atoms with Crippen molar-refractivity contribution in [2.45, 2.75) is 10.3 Å². The van der Waals surface area contributed by atoms with Gasteiger partial charge in [-0.3, -0.25) is 9.59 Å². The number of nitrogens with zero attached hydrogens (tertiary/aromatic N) is 1. The molecule has 35 heavy (non-hydrogen) atoms. The van der Waals surface area contributed by atoms with Crippen molar-refractivity contribution in [1.29, 1.82) is 0 Å².